The fraction of sp³-hybridized carbons (Fsp3) is 0.385. The first kappa shape index (κ1) is 12.4. The van der Waals surface area contributed by atoms with E-state index in [1.807, 2.05) is 0 Å². The maximum absolute atomic E-state index is 11.4. The van der Waals surface area contributed by atoms with Gasteiger partial charge < -0.3 is 9.25 Å². The molecule has 1 aliphatic heterocycles. The molecule has 0 aromatic carbocycles. The van der Waals surface area contributed by atoms with Gasteiger partial charge in [-0.1, -0.05) is 6.42 Å². The van der Waals surface area contributed by atoms with Crippen LogP contribution in [0.15, 0.2) is 33.9 Å². The number of nitrogens with one attached hydrogen (secondary N) is 1. The number of furan rings is 1. The van der Waals surface area contributed by atoms with E-state index in [2.05, 4.69) is 10.5 Å². The molecule has 0 unspecified atom stereocenters. The fourth-order valence-electron chi connectivity index (χ4n) is 1.64. The molecular formula is C13H16N2O3. The molecule has 0 radical (unpaired) electrons. The van der Waals surface area contributed by atoms with Crippen LogP contribution in [0.1, 0.15) is 31.4 Å². The number of aliphatic imine (C=N–C) groups is 1. The van der Waals surface area contributed by atoms with Crippen molar-refractivity contribution in [3.05, 3.63) is 30.2 Å². The minimum absolute atomic E-state index is 0.474. The summed E-state index contributed by atoms with van der Waals surface area (Å²) >= 11 is 0. The van der Waals surface area contributed by atoms with E-state index >= 15 is 0 Å². The molecule has 0 aliphatic carbocycles. The molecule has 0 spiro atoms. The SMILES string of the molecule is O=C(/C=C/c1ccco1)ONC1=NCCCCC1. The average molecular weight is 248 g/mol. The van der Waals surface area contributed by atoms with Gasteiger partial charge in [-0.15, -0.1) is 0 Å². The van der Waals surface area contributed by atoms with Gasteiger partial charge in [-0.25, -0.2) is 10.3 Å². The predicted molar refractivity (Wildman–Crippen MR) is 67.7 cm³/mol. The number of hydroxylamine groups is 1. The van der Waals surface area contributed by atoms with Gasteiger partial charge in [0, 0.05) is 19.0 Å². The zero-order valence-corrected chi connectivity index (χ0v) is 10.1. The zero-order chi connectivity index (χ0) is 12.6. The van der Waals surface area contributed by atoms with Crippen molar-refractivity contribution in [1.82, 2.24) is 5.48 Å². The van der Waals surface area contributed by atoms with Crippen LogP contribution in [0.25, 0.3) is 6.08 Å². The lowest BCUT2D eigenvalue weighted by Crippen LogP contribution is -2.26. The van der Waals surface area contributed by atoms with E-state index < -0.39 is 5.97 Å². The number of nitrogens with zero attached hydrogens (tertiary/aromatic N) is 1. The Balaban J connectivity index is 1.76. The number of rotatable bonds is 2. The normalized spacial score (nSPS) is 16.1. The Morgan fingerprint density at radius 2 is 2.39 bits per heavy atom. The van der Waals surface area contributed by atoms with Crippen molar-refractivity contribution in [2.24, 2.45) is 4.99 Å². The maximum atomic E-state index is 11.4. The van der Waals surface area contributed by atoms with Gasteiger partial charge in [0.25, 0.3) is 0 Å². The van der Waals surface area contributed by atoms with Crippen LogP contribution in [-0.2, 0) is 9.63 Å². The molecule has 0 saturated carbocycles. The summed E-state index contributed by atoms with van der Waals surface area (Å²) in [6, 6.07) is 3.51. The number of hydrogen-bond donors (Lipinski definition) is 1. The van der Waals surface area contributed by atoms with Gasteiger partial charge in [-0.3, -0.25) is 4.99 Å². The summed E-state index contributed by atoms with van der Waals surface area (Å²) in [7, 11) is 0. The van der Waals surface area contributed by atoms with Gasteiger partial charge in [-0.05, 0) is 31.1 Å². The first-order valence-corrected chi connectivity index (χ1v) is 6.06. The quantitative estimate of drug-likeness (QED) is 0.644. The van der Waals surface area contributed by atoms with E-state index in [0.29, 0.717) is 5.76 Å². The summed E-state index contributed by atoms with van der Waals surface area (Å²) in [6.45, 7) is 0.794. The standard InChI is InChI=1S/C13H16N2O3/c16-13(8-7-11-5-4-10-17-11)18-15-12-6-2-1-3-9-14-12/h4-5,7-8,10H,1-3,6,9H2,(H,14,15)/b8-7+. The highest BCUT2D eigenvalue weighted by atomic mass is 16.7. The zero-order valence-electron chi connectivity index (χ0n) is 10.1. The number of carbonyl (C=O) groups excluding carboxylic acids is 1. The molecule has 96 valence electrons. The molecule has 1 aliphatic rings. The van der Waals surface area contributed by atoms with Crippen LogP contribution in [0, 0.1) is 0 Å². The van der Waals surface area contributed by atoms with Crippen molar-refractivity contribution in [3.8, 4) is 0 Å². The van der Waals surface area contributed by atoms with Gasteiger partial charge in [0.15, 0.2) is 0 Å². The lowest BCUT2D eigenvalue weighted by Gasteiger charge is -2.05. The summed E-state index contributed by atoms with van der Waals surface area (Å²) in [5.41, 5.74) is 2.61. The Morgan fingerprint density at radius 1 is 1.44 bits per heavy atom. The second kappa shape index (κ2) is 6.64. The lowest BCUT2D eigenvalue weighted by atomic mass is 10.2. The Bertz CT molecular complexity index is 435. The summed E-state index contributed by atoms with van der Waals surface area (Å²) in [4.78, 5) is 20.6. The summed E-state index contributed by atoms with van der Waals surface area (Å²) < 4.78 is 5.06. The number of hydrogen-bond acceptors (Lipinski definition) is 5. The van der Waals surface area contributed by atoms with Crippen molar-refractivity contribution < 1.29 is 14.0 Å². The van der Waals surface area contributed by atoms with E-state index in [1.165, 1.54) is 12.5 Å². The monoisotopic (exact) mass is 248 g/mol. The molecule has 0 saturated heterocycles. The third-order valence-corrected chi connectivity index (χ3v) is 2.57. The van der Waals surface area contributed by atoms with E-state index in [4.69, 9.17) is 9.25 Å². The molecule has 2 heterocycles. The van der Waals surface area contributed by atoms with Gasteiger partial charge in [-0.2, -0.15) is 0 Å². The Hall–Kier alpha value is -2.04. The molecule has 5 nitrogen and oxygen atoms in total. The minimum Gasteiger partial charge on any atom is -0.465 e. The van der Waals surface area contributed by atoms with Crippen molar-refractivity contribution in [2.45, 2.75) is 25.7 Å². The third-order valence-electron chi connectivity index (χ3n) is 2.57. The van der Waals surface area contributed by atoms with Gasteiger partial charge in [0.05, 0.1) is 6.26 Å². The van der Waals surface area contributed by atoms with Gasteiger partial charge in [0.2, 0.25) is 0 Å². The first-order chi connectivity index (χ1) is 8.84. The Labute approximate surface area is 105 Å². The minimum atomic E-state index is -0.474. The Kier molecular flexibility index (Phi) is 4.58. The molecular weight excluding hydrogens is 232 g/mol. The van der Waals surface area contributed by atoms with Crippen LogP contribution in [-0.4, -0.2) is 18.3 Å². The van der Waals surface area contributed by atoms with Crippen LogP contribution >= 0.6 is 0 Å². The van der Waals surface area contributed by atoms with Crippen molar-refractivity contribution in [1.29, 1.82) is 0 Å². The summed E-state index contributed by atoms with van der Waals surface area (Å²) in [6.07, 6.45) is 8.57. The molecule has 1 aromatic heterocycles. The average Bonchev–Trinajstić information content (AvgIpc) is 2.76. The van der Waals surface area contributed by atoms with Gasteiger partial charge in [0.1, 0.15) is 11.6 Å². The van der Waals surface area contributed by atoms with Crippen molar-refractivity contribution in [2.75, 3.05) is 6.54 Å². The third kappa shape index (κ3) is 4.08. The first-order valence-electron chi connectivity index (χ1n) is 6.06. The topological polar surface area (TPSA) is 63.8 Å². The Morgan fingerprint density at radius 3 is 3.22 bits per heavy atom. The van der Waals surface area contributed by atoms with Crippen LogP contribution in [0.5, 0.6) is 0 Å². The largest absolute Gasteiger partial charge is 0.465 e. The summed E-state index contributed by atoms with van der Waals surface area (Å²) in [5, 5.41) is 0. The highest BCUT2D eigenvalue weighted by Gasteiger charge is 2.05. The molecule has 5 heteroatoms. The molecule has 1 aromatic rings. The fourth-order valence-corrected chi connectivity index (χ4v) is 1.64. The van der Waals surface area contributed by atoms with Crippen molar-refractivity contribution >= 4 is 17.9 Å². The maximum Gasteiger partial charge on any atom is 0.355 e. The number of carbonyl (C=O) groups is 1. The predicted octanol–water partition coefficient (Wildman–Crippen LogP) is 2.31. The lowest BCUT2D eigenvalue weighted by molar-refractivity contribution is -0.141. The molecule has 0 atom stereocenters. The van der Waals surface area contributed by atoms with Crippen molar-refractivity contribution in [3.63, 3.8) is 0 Å². The van der Waals surface area contributed by atoms with E-state index in [-0.39, 0.29) is 0 Å². The molecule has 0 bridgehead atoms. The molecule has 0 amide bonds. The second-order valence-corrected chi connectivity index (χ2v) is 4.01. The molecule has 0 fully saturated rings. The highest BCUT2D eigenvalue weighted by molar-refractivity contribution is 5.88. The van der Waals surface area contributed by atoms with Crippen LogP contribution in [0.4, 0.5) is 0 Å². The smallest absolute Gasteiger partial charge is 0.355 e. The molecule has 18 heavy (non-hydrogen) atoms. The van der Waals surface area contributed by atoms with Crippen LogP contribution in [0.2, 0.25) is 0 Å². The van der Waals surface area contributed by atoms with Crippen LogP contribution < -0.4 is 5.48 Å². The number of amidine groups is 1. The van der Waals surface area contributed by atoms with E-state index in [9.17, 15) is 4.79 Å². The second-order valence-electron chi connectivity index (χ2n) is 4.01. The van der Waals surface area contributed by atoms with Crippen LogP contribution in [0.3, 0.4) is 0 Å². The van der Waals surface area contributed by atoms with E-state index in [0.717, 1.165) is 31.6 Å². The van der Waals surface area contributed by atoms with Gasteiger partial charge >= 0.3 is 5.97 Å². The molecule has 1 N–H and O–H groups in total. The summed E-state index contributed by atoms with van der Waals surface area (Å²) in [5.74, 6) is 0.879. The highest BCUT2D eigenvalue weighted by Crippen LogP contribution is 2.06. The van der Waals surface area contributed by atoms with E-state index in [1.54, 1.807) is 24.5 Å². The molecule has 2 rings (SSSR count).